The van der Waals surface area contributed by atoms with Crippen LogP contribution in [-0.4, -0.2) is 6.61 Å². The first kappa shape index (κ1) is 9.96. The predicted octanol–water partition coefficient (Wildman–Crippen LogP) is -2.07. The quantitative estimate of drug-likeness (QED) is 0.380. The van der Waals surface area contributed by atoms with Crippen LogP contribution in [0.5, 0.6) is 0 Å². The van der Waals surface area contributed by atoms with Gasteiger partial charge in [0.15, 0.2) is 0 Å². The van der Waals surface area contributed by atoms with Gasteiger partial charge in [0.05, 0.1) is 0 Å². The molecule has 0 radical (unpaired) electrons. The van der Waals surface area contributed by atoms with E-state index >= 15 is 0 Å². The fraction of sp³-hybridized carbons (Fsp3) is 1.00. The molecule has 2 heteroatoms. The van der Waals surface area contributed by atoms with E-state index in [9.17, 15) is 5.11 Å². The van der Waals surface area contributed by atoms with Crippen molar-refractivity contribution in [2.24, 2.45) is 5.92 Å². The van der Waals surface area contributed by atoms with Crippen molar-refractivity contribution in [3.05, 3.63) is 0 Å². The summed E-state index contributed by atoms with van der Waals surface area (Å²) in [4.78, 5) is 0. The normalized spacial score (nSPS) is 21.0. The standard InChI is InChI=1S/C7H13O.Na/c8-6-7-4-2-1-3-5-7;/h7H,1-6H2;/q-1;+1. The maximum absolute atomic E-state index is 10.3. The summed E-state index contributed by atoms with van der Waals surface area (Å²) in [6.45, 7) is 0.167. The molecular formula is C7H13NaO. The summed E-state index contributed by atoms with van der Waals surface area (Å²) in [6, 6.07) is 0. The maximum atomic E-state index is 10.3. The van der Waals surface area contributed by atoms with Crippen LogP contribution in [0.2, 0.25) is 0 Å². The average molecular weight is 136 g/mol. The van der Waals surface area contributed by atoms with Crippen LogP contribution in [0.25, 0.3) is 0 Å². The molecule has 1 fully saturated rings. The molecule has 0 aliphatic heterocycles. The van der Waals surface area contributed by atoms with E-state index in [1.165, 1.54) is 32.1 Å². The molecular weight excluding hydrogens is 123 g/mol. The van der Waals surface area contributed by atoms with Crippen molar-refractivity contribution in [2.75, 3.05) is 6.61 Å². The summed E-state index contributed by atoms with van der Waals surface area (Å²) in [5.74, 6) is 0.531. The Bertz CT molecular complexity index is 59.9. The van der Waals surface area contributed by atoms with Crippen LogP contribution >= 0.6 is 0 Å². The van der Waals surface area contributed by atoms with Gasteiger partial charge in [0, 0.05) is 0 Å². The van der Waals surface area contributed by atoms with Gasteiger partial charge in [0.25, 0.3) is 0 Å². The van der Waals surface area contributed by atoms with E-state index in [1.54, 1.807) is 0 Å². The summed E-state index contributed by atoms with van der Waals surface area (Å²) in [5.41, 5.74) is 0. The van der Waals surface area contributed by atoms with Gasteiger partial charge in [-0.15, -0.1) is 6.61 Å². The Morgan fingerprint density at radius 1 is 1.11 bits per heavy atom. The van der Waals surface area contributed by atoms with Gasteiger partial charge in [-0.1, -0.05) is 38.0 Å². The molecule has 1 aliphatic carbocycles. The summed E-state index contributed by atoms with van der Waals surface area (Å²) in [5, 5.41) is 10.3. The van der Waals surface area contributed by atoms with Crippen molar-refractivity contribution in [1.82, 2.24) is 0 Å². The average Bonchev–Trinajstić information content (AvgIpc) is 1.90. The Hall–Kier alpha value is 0.960. The first-order chi connectivity index (χ1) is 3.93. The zero-order chi connectivity index (χ0) is 5.82. The largest absolute Gasteiger partial charge is 1.00 e. The molecule has 0 saturated heterocycles. The Labute approximate surface area is 79.1 Å². The summed E-state index contributed by atoms with van der Waals surface area (Å²) in [7, 11) is 0. The van der Waals surface area contributed by atoms with Gasteiger partial charge in [0.1, 0.15) is 0 Å². The third-order valence-electron chi connectivity index (χ3n) is 1.96. The van der Waals surface area contributed by atoms with Crippen LogP contribution in [-0.2, 0) is 0 Å². The minimum absolute atomic E-state index is 0. The van der Waals surface area contributed by atoms with Crippen molar-refractivity contribution in [2.45, 2.75) is 32.1 Å². The van der Waals surface area contributed by atoms with Crippen molar-refractivity contribution in [3.8, 4) is 0 Å². The summed E-state index contributed by atoms with van der Waals surface area (Å²) in [6.07, 6.45) is 6.35. The van der Waals surface area contributed by atoms with Crippen molar-refractivity contribution < 1.29 is 34.7 Å². The zero-order valence-corrected chi connectivity index (χ0v) is 8.23. The fourth-order valence-electron chi connectivity index (χ4n) is 1.35. The fourth-order valence-corrected chi connectivity index (χ4v) is 1.35. The van der Waals surface area contributed by atoms with Gasteiger partial charge in [0.2, 0.25) is 0 Å². The van der Waals surface area contributed by atoms with Crippen LogP contribution in [0.3, 0.4) is 0 Å². The molecule has 1 nitrogen and oxygen atoms in total. The second-order valence-corrected chi connectivity index (χ2v) is 2.67. The van der Waals surface area contributed by atoms with E-state index in [0.29, 0.717) is 5.92 Å². The topological polar surface area (TPSA) is 23.1 Å². The smallest absolute Gasteiger partial charge is 0.854 e. The molecule has 0 atom stereocenters. The third-order valence-corrected chi connectivity index (χ3v) is 1.96. The Morgan fingerprint density at radius 2 is 1.67 bits per heavy atom. The minimum Gasteiger partial charge on any atom is -0.854 e. The first-order valence-electron chi connectivity index (χ1n) is 3.51. The molecule has 0 aromatic carbocycles. The molecule has 0 N–H and O–H groups in total. The molecule has 0 aromatic heterocycles. The van der Waals surface area contributed by atoms with E-state index < -0.39 is 0 Å². The molecule has 0 aromatic rings. The summed E-state index contributed by atoms with van der Waals surface area (Å²) < 4.78 is 0. The van der Waals surface area contributed by atoms with Gasteiger partial charge >= 0.3 is 29.6 Å². The maximum Gasteiger partial charge on any atom is 1.00 e. The van der Waals surface area contributed by atoms with Crippen LogP contribution < -0.4 is 34.7 Å². The molecule has 0 bridgehead atoms. The molecule has 0 heterocycles. The molecule has 0 spiro atoms. The van der Waals surface area contributed by atoms with Gasteiger partial charge in [-0.25, -0.2) is 0 Å². The summed E-state index contributed by atoms with van der Waals surface area (Å²) >= 11 is 0. The van der Waals surface area contributed by atoms with E-state index in [1.807, 2.05) is 0 Å². The minimum atomic E-state index is 0. The number of hydrogen-bond acceptors (Lipinski definition) is 1. The zero-order valence-electron chi connectivity index (χ0n) is 6.23. The van der Waals surface area contributed by atoms with E-state index in [-0.39, 0.29) is 36.2 Å². The number of rotatable bonds is 1. The third kappa shape index (κ3) is 3.61. The van der Waals surface area contributed by atoms with Gasteiger partial charge in [-0.2, -0.15) is 0 Å². The molecule has 0 unspecified atom stereocenters. The van der Waals surface area contributed by atoms with Crippen molar-refractivity contribution in [1.29, 1.82) is 0 Å². The molecule has 0 amide bonds. The Morgan fingerprint density at radius 3 is 2.00 bits per heavy atom. The van der Waals surface area contributed by atoms with Gasteiger partial charge in [-0.3, -0.25) is 0 Å². The van der Waals surface area contributed by atoms with Crippen LogP contribution in [0.1, 0.15) is 32.1 Å². The van der Waals surface area contributed by atoms with Crippen LogP contribution in [0, 0.1) is 5.92 Å². The molecule has 48 valence electrons. The predicted molar refractivity (Wildman–Crippen MR) is 31.4 cm³/mol. The first-order valence-corrected chi connectivity index (χ1v) is 3.51. The molecule has 1 rings (SSSR count). The van der Waals surface area contributed by atoms with Crippen LogP contribution in [0.15, 0.2) is 0 Å². The van der Waals surface area contributed by atoms with Gasteiger partial charge in [-0.05, 0) is 0 Å². The monoisotopic (exact) mass is 136 g/mol. The molecule has 1 saturated carbocycles. The van der Waals surface area contributed by atoms with Crippen molar-refractivity contribution in [3.63, 3.8) is 0 Å². The van der Waals surface area contributed by atoms with E-state index in [0.717, 1.165) is 0 Å². The van der Waals surface area contributed by atoms with Gasteiger partial charge < -0.3 is 5.11 Å². The van der Waals surface area contributed by atoms with Crippen LogP contribution in [0.4, 0.5) is 0 Å². The SMILES string of the molecule is [Na+].[O-]CC1CCCCC1. The van der Waals surface area contributed by atoms with E-state index in [4.69, 9.17) is 0 Å². The number of hydrogen-bond donors (Lipinski definition) is 0. The second kappa shape index (κ2) is 5.72. The molecule has 9 heavy (non-hydrogen) atoms. The molecule has 1 aliphatic rings. The Kier molecular flexibility index (Phi) is 6.33. The Balaban J connectivity index is 0.000000640. The second-order valence-electron chi connectivity index (χ2n) is 2.67. The van der Waals surface area contributed by atoms with Crippen molar-refractivity contribution >= 4 is 0 Å². The van der Waals surface area contributed by atoms with E-state index in [2.05, 4.69) is 0 Å².